The first-order valence-electron chi connectivity index (χ1n) is 8.09. The summed E-state index contributed by atoms with van der Waals surface area (Å²) in [4.78, 5) is 21.0. The van der Waals surface area contributed by atoms with Crippen molar-refractivity contribution in [3.63, 3.8) is 0 Å². The zero-order chi connectivity index (χ0) is 15.9. The van der Waals surface area contributed by atoms with Crippen LogP contribution < -0.4 is 10.6 Å². The molecule has 130 valence electrons. The molecule has 2 fully saturated rings. The molecule has 1 saturated heterocycles. The minimum atomic E-state index is -0.0453. The molecule has 0 aromatic carbocycles. The van der Waals surface area contributed by atoms with Gasteiger partial charge in [-0.15, -0.1) is 23.7 Å². The summed E-state index contributed by atoms with van der Waals surface area (Å²) in [7, 11) is 1.93. The summed E-state index contributed by atoms with van der Waals surface area (Å²) in [5, 5.41) is 8.98. The molecule has 2 aromatic rings. The highest BCUT2D eigenvalue weighted by Gasteiger charge is 2.40. The first kappa shape index (κ1) is 17.4. The van der Waals surface area contributed by atoms with Crippen molar-refractivity contribution in [2.45, 2.75) is 31.7 Å². The fourth-order valence-electron chi connectivity index (χ4n) is 3.55. The molecule has 1 aliphatic carbocycles. The summed E-state index contributed by atoms with van der Waals surface area (Å²) in [6, 6.07) is 0.290. The molecule has 0 atom stereocenters. The first-order valence-corrected chi connectivity index (χ1v) is 8.97. The van der Waals surface area contributed by atoms with E-state index in [1.54, 1.807) is 12.5 Å². The average molecular weight is 368 g/mol. The lowest BCUT2D eigenvalue weighted by Gasteiger charge is -2.47. The number of amides is 1. The Balaban J connectivity index is 0.00000169. The summed E-state index contributed by atoms with van der Waals surface area (Å²) in [5.41, 5.74) is 2.26. The molecule has 1 aliphatic heterocycles. The van der Waals surface area contributed by atoms with Crippen LogP contribution in [-0.2, 0) is 7.05 Å². The fraction of sp³-hybridized carbons (Fsp3) is 0.562. The van der Waals surface area contributed by atoms with Crippen LogP contribution in [0.25, 0.3) is 11.4 Å². The Bertz CT molecular complexity index is 714. The topological polar surface area (TPSA) is 71.8 Å². The van der Waals surface area contributed by atoms with Crippen LogP contribution in [0, 0.1) is 5.41 Å². The lowest BCUT2D eigenvalue weighted by molar-refractivity contribution is 0.0780. The van der Waals surface area contributed by atoms with Crippen molar-refractivity contribution in [1.82, 2.24) is 25.2 Å². The van der Waals surface area contributed by atoms with Crippen molar-refractivity contribution in [2.24, 2.45) is 12.5 Å². The molecule has 4 rings (SSSR count). The number of aromatic nitrogens is 3. The second kappa shape index (κ2) is 6.82. The third kappa shape index (κ3) is 3.20. The van der Waals surface area contributed by atoms with Gasteiger partial charge in [0.2, 0.25) is 0 Å². The number of hydrogen-bond acceptors (Lipinski definition) is 5. The van der Waals surface area contributed by atoms with E-state index < -0.39 is 0 Å². The van der Waals surface area contributed by atoms with Gasteiger partial charge in [0.1, 0.15) is 5.69 Å². The van der Waals surface area contributed by atoms with Crippen molar-refractivity contribution in [1.29, 1.82) is 0 Å². The molecular weight excluding hydrogens is 346 g/mol. The molecule has 1 amide bonds. The van der Waals surface area contributed by atoms with Gasteiger partial charge >= 0.3 is 0 Å². The van der Waals surface area contributed by atoms with Crippen molar-refractivity contribution in [3.8, 4) is 11.4 Å². The molecule has 2 aromatic heterocycles. The first-order chi connectivity index (χ1) is 11.2. The van der Waals surface area contributed by atoms with Gasteiger partial charge < -0.3 is 15.2 Å². The fourth-order valence-corrected chi connectivity index (χ4v) is 4.27. The molecule has 8 heteroatoms. The van der Waals surface area contributed by atoms with Crippen LogP contribution in [0.4, 0.5) is 0 Å². The molecule has 6 nitrogen and oxygen atoms in total. The van der Waals surface area contributed by atoms with Crippen LogP contribution in [0.15, 0.2) is 17.9 Å². The Hall–Kier alpha value is -1.44. The number of aryl methyl sites for hydroxylation is 1. The number of nitrogens with one attached hydrogen (secondary N) is 2. The quantitative estimate of drug-likeness (QED) is 0.872. The SMILES string of the molecule is Cl.Cn1cncc1-c1csc(C(=O)NC2CCC3(CC2)CNC3)n1. The number of imidazole rings is 1. The number of nitrogens with zero attached hydrogens (tertiary/aromatic N) is 3. The normalized spacial score (nSPS) is 19.5. The number of carbonyl (C=O) groups is 1. The van der Waals surface area contributed by atoms with E-state index in [1.807, 2.05) is 17.0 Å². The van der Waals surface area contributed by atoms with E-state index in [0.29, 0.717) is 10.4 Å². The summed E-state index contributed by atoms with van der Waals surface area (Å²) in [6.45, 7) is 2.29. The zero-order valence-electron chi connectivity index (χ0n) is 13.6. The number of halogens is 1. The average Bonchev–Trinajstić information content (AvgIpc) is 3.15. The predicted molar refractivity (Wildman–Crippen MR) is 96.6 cm³/mol. The van der Waals surface area contributed by atoms with Gasteiger partial charge in [-0.05, 0) is 31.1 Å². The van der Waals surface area contributed by atoms with Gasteiger partial charge in [0.25, 0.3) is 5.91 Å². The van der Waals surface area contributed by atoms with Gasteiger partial charge in [0.05, 0.1) is 18.2 Å². The second-order valence-electron chi connectivity index (χ2n) is 6.78. The molecular formula is C16H22ClN5OS. The summed E-state index contributed by atoms with van der Waals surface area (Å²) in [5.74, 6) is -0.0453. The van der Waals surface area contributed by atoms with Crippen LogP contribution in [-0.4, -0.2) is 39.6 Å². The van der Waals surface area contributed by atoms with Crippen LogP contribution in [0.3, 0.4) is 0 Å². The maximum absolute atomic E-state index is 12.4. The van der Waals surface area contributed by atoms with Gasteiger partial charge in [-0.25, -0.2) is 9.97 Å². The Kier molecular flexibility index (Phi) is 4.94. The maximum Gasteiger partial charge on any atom is 0.280 e. The molecule has 3 heterocycles. The molecule has 1 saturated carbocycles. The predicted octanol–water partition coefficient (Wildman–Crippen LogP) is 2.23. The third-order valence-electron chi connectivity index (χ3n) is 5.16. The minimum Gasteiger partial charge on any atom is -0.347 e. The van der Waals surface area contributed by atoms with Crippen LogP contribution in [0.5, 0.6) is 0 Å². The minimum absolute atomic E-state index is 0. The Morgan fingerprint density at radius 1 is 1.42 bits per heavy atom. The highest BCUT2D eigenvalue weighted by atomic mass is 35.5. The van der Waals surface area contributed by atoms with Gasteiger partial charge in [-0.1, -0.05) is 0 Å². The summed E-state index contributed by atoms with van der Waals surface area (Å²) in [6.07, 6.45) is 8.08. The highest BCUT2D eigenvalue weighted by Crippen LogP contribution is 2.39. The monoisotopic (exact) mass is 367 g/mol. The van der Waals surface area contributed by atoms with E-state index in [4.69, 9.17) is 0 Å². The van der Waals surface area contributed by atoms with Gasteiger partial charge in [-0.3, -0.25) is 4.79 Å². The zero-order valence-corrected chi connectivity index (χ0v) is 15.3. The van der Waals surface area contributed by atoms with E-state index in [0.717, 1.165) is 37.3 Å². The number of carbonyl (C=O) groups excluding carboxylic acids is 1. The van der Waals surface area contributed by atoms with Crippen LogP contribution in [0.2, 0.25) is 0 Å². The molecule has 24 heavy (non-hydrogen) atoms. The molecule has 2 N–H and O–H groups in total. The maximum atomic E-state index is 12.4. The molecule has 0 radical (unpaired) electrons. The lowest BCUT2D eigenvalue weighted by atomic mass is 9.68. The van der Waals surface area contributed by atoms with Crippen LogP contribution in [0.1, 0.15) is 35.5 Å². The highest BCUT2D eigenvalue weighted by molar-refractivity contribution is 7.12. The molecule has 2 aliphatic rings. The van der Waals surface area contributed by atoms with E-state index >= 15 is 0 Å². The number of rotatable bonds is 3. The number of hydrogen-bond donors (Lipinski definition) is 2. The second-order valence-corrected chi connectivity index (χ2v) is 7.64. The van der Waals surface area contributed by atoms with E-state index in [2.05, 4.69) is 20.6 Å². The smallest absolute Gasteiger partial charge is 0.280 e. The third-order valence-corrected chi connectivity index (χ3v) is 6.00. The van der Waals surface area contributed by atoms with E-state index in [1.165, 1.54) is 24.2 Å². The largest absolute Gasteiger partial charge is 0.347 e. The Labute approximate surface area is 151 Å². The number of thiazole rings is 1. The van der Waals surface area contributed by atoms with Crippen molar-refractivity contribution < 1.29 is 4.79 Å². The van der Waals surface area contributed by atoms with Gasteiger partial charge in [-0.2, -0.15) is 0 Å². The summed E-state index contributed by atoms with van der Waals surface area (Å²) >= 11 is 1.39. The Morgan fingerprint density at radius 3 is 2.75 bits per heavy atom. The lowest BCUT2D eigenvalue weighted by Crippen LogP contribution is -2.56. The van der Waals surface area contributed by atoms with Gasteiger partial charge in [0, 0.05) is 31.6 Å². The van der Waals surface area contributed by atoms with E-state index in [-0.39, 0.29) is 24.4 Å². The Morgan fingerprint density at radius 2 is 2.17 bits per heavy atom. The molecule has 1 spiro atoms. The molecule has 0 unspecified atom stereocenters. The summed E-state index contributed by atoms with van der Waals surface area (Å²) < 4.78 is 1.91. The standard InChI is InChI=1S/C16H21N5OS.ClH/c1-21-10-17-6-13(21)12-7-23-15(20-12)14(22)19-11-2-4-16(5-3-11)8-18-9-16;/h6-7,10-11,18H,2-5,8-9H2,1H3,(H,19,22);1H. The van der Waals surface area contributed by atoms with Crippen molar-refractivity contribution >= 4 is 29.7 Å². The van der Waals surface area contributed by atoms with Gasteiger partial charge in [0.15, 0.2) is 5.01 Å². The van der Waals surface area contributed by atoms with E-state index in [9.17, 15) is 4.79 Å². The van der Waals surface area contributed by atoms with Crippen molar-refractivity contribution in [3.05, 3.63) is 22.9 Å². The van der Waals surface area contributed by atoms with Crippen LogP contribution >= 0.6 is 23.7 Å². The molecule has 0 bridgehead atoms. The van der Waals surface area contributed by atoms with Crippen molar-refractivity contribution in [2.75, 3.05) is 13.1 Å².